The molecule has 2 aromatic carbocycles. The molecule has 5 heteroatoms. The number of nitrogens with zero attached hydrogens (tertiary/aromatic N) is 1. The highest BCUT2D eigenvalue weighted by atomic mass is 16.5. The van der Waals surface area contributed by atoms with Crippen molar-refractivity contribution in [3.05, 3.63) is 66.6 Å². The van der Waals surface area contributed by atoms with E-state index in [9.17, 15) is 4.79 Å². The van der Waals surface area contributed by atoms with Gasteiger partial charge < -0.3 is 14.5 Å². The Morgan fingerprint density at radius 1 is 1.17 bits per heavy atom. The summed E-state index contributed by atoms with van der Waals surface area (Å²) in [6.45, 7) is 0.391. The Labute approximate surface area is 139 Å². The molecule has 0 saturated carbocycles. The number of nitrogens with one attached hydrogen (secondary N) is 1. The van der Waals surface area contributed by atoms with Gasteiger partial charge in [-0.3, -0.25) is 4.79 Å². The van der Waals surface area contributed by atoms with Crippen molar-refractivity contribution < 1.29 is 13.9 Å². The second-order valence-electron chi connectivity index (χ2n) is 5.73. The highest BCUT2D eigenvalue weighted by molar-refractivity contribution is 5.93. The summed E-state index contributed by atoms with van der Waals surface area (Å²) in [5.41, 5.74) is 2.61. The highest BCUT2D eigenvalue weighted by Crippen LogP contribution is 2.28. The lowest BCUT2D eigenvalue weighted by atomic mass is 9.96. The number of aromatic nitrogens is 1. The number of carbonyl (C=O) groups excluding carboxylic acids is 1. The van der Waals surface area contributed by atoms with Crippen molar-refractivity contribution in [1.82, 2.24) is 4.98 Å². The van der Waals surface area contributed by atoms with Crippen molar-refractivity contribution in [3.63, 3.8) is 0 Å². The molecular formula is C19H16N2O3. The largest absolute Gasteiger partial charge is 0.492 e. The normalized spacial score (nSPS) is 16.1. The molecule has 3 aromatic rings. The maximum Gasteiger partial charge on any atom is 0.231 e. The zero-order valence-electron chi connectivity index (χ0n) is 12.9. The number of carbonyl (C=O) groups is 1. The molecule has 0 aliphatic carbocycles. The summed E-state index contributed by atoms with van der Waals surface area (Å²) in [6, 6.07) is 15.3. The predicted octanol–water partition coefficient (Wildman–Crippen LogP) is 3.53. The molecule has 120 valence electrons. The van der Waals surface area contributed by atoms with Gasteiger partial charge in [0.2, 0.25) is 11.8 Å². The average Bonchev–Trinajstić information content (AvgIpc) is 3.16. The summed E-state index contributed by atoms with van der Waals surface area (Å²) in [6.07, 6.45) is 3.80. The fourth-order valence-corrected chi connectivity index (χ4v) is 2.84. The second-order valence-corrected chi connectivity index (χ2v) is 5.73. The lowest BCUT2D eigenvalue weighted by Gasteiger charge is -2.24. The van der Waals surface area contributed by atoms with E-state index in [0.717, 1.165) is 22.6 Å². The van der Waals surface area contributed by atoms with Gasteiger partial charge in [-0.25, -0.2) is 4.98 Å². The average molecular weight is 320 g/mol. The van der Waals surface area contributed by atoms with E-state index in [1.807, 2.05) is 48.5 Å². The topological polar surface area (TPSA) is 64.4 Å². The molecule has 1 aliphatic heterocycles. The van der Waals surface area contributed by atoms with E-state index in [4.69, 9.17) is 9.15 Å². The van der Waals surface area contributed by atoms with Crippen LogP contribution < -0.4 is 10.1 Å². The molecule has 24 heavy (non-hydrogen) atoms. The molecule has 1 atom stereocenters. The van der Waals surface area contributed by atoms with Crippen molar-refractivity contribution in [1.29, 1.82) is 0 Å². The fourth-order valence-electron chi connectivity index (χ4n) is 2.84. The van der Waals surface area contributed by atoms with E-state index < -0.39 is 0 Å². The van der Waals surface area contributed by atoms with Crippen LogP contribution in [0.4, 0.5) is 5.69 Å². The third kappa shape index (κ3) is 2.88. The van der Waals surface area contributed by atoms with Crippen LogP contribution in [-0.4, -0.2) is 17.5 Å². The Bertz CT molecular complexity index is 859. The van der Waals surface area contributed by atoms with Gasteiger partial charge in [0, 0.05) is 11.3 Å². The Kier molecular flexibility index (Phi) is 3.75. The fraction of sp³-hybridized carbons (Fsp3) is 0.158. The quantitative estimate of drug-likeness (QED) is 0.802. The predicted molar refractivity (Wildman–Crippen MR) is 89.7 cm³/mol. The number of oxazole rings is 1. The van der Waals surface area contributed by atoms with Gasteiger partial charge in [0.15, 0.2) is 0 Å². The smallest absolute Gasteiger partial charge is 0.231 e. The number of ether oxygens (including phenoxy) is 1. The van der Waals surface area contributed by atoms with Gasteiger partial charge in [0.25, 0.3) is 0 Å². The van der Waals surface area contributed by atoms with Crippen LogP contribution in [0, 0.1) is 5.92 Å². The van der Waals surface area contributed by atoms with Gasteiger partial charge in [-0.2, -0.15) is 0 Å². The molecule has 4 rings (SSSR count). The molecular weight excluding hydrogens is 304 g/mol. The summed E-state index contributed by atoms with van der Waals surface area (Å²) in [7, 11) is 0. The zero-order valence-corrected chi connectivity index (χ0v) is 12.9. The standard InChI is InChI=1S/C19H16N2O3/c22-18(15-10-13-4-1-2-7-17(13)24-12-15)21-16-6-3-5-14(11-16)19-20-8-9-23-19/h1-9,11,15H,10,12H2,(H,21,22)/t15-/m1/s1. The van der Waals surface area contributed by atoms with Crippen LogP contribution in [0.1, 0.15) is 5.56 Å². The first kappa shape index (κ1) is 14.5. The van der Waals surface area contributed by atoms with E-state index in [-0.39, 0.29) is 11.8 Å². The van der Waals surface area contributed by atoms with Crippen LogP contribution in [0.2, 0.25) is 0 Å². The summed E-state index contributed by atoms with van der Waals surface area (Å²) in [4.78, 5) is 16.7. The molecule has 1 amide bonds. The summed E-state index contributed by atoms with van der Waals surface area (Å²) in [5, 5.41) is 2.96. The molecule has 2 heterocycles. The first-order valence-electron chi connectivity index (χ1n) is 7.81. The number of amides is 1. The molecule has 5 nitrogen and oxygen atoms in total. The highest BCUT2D eigenvalue weighted by Gasteiger charge is 2.25. The minimum atomic E-state index is -0.203. The summed E-state index contributed by atoms with van der Waals surface area (Å²) < 4.78 is 11.0. The molecule has 0 spiro atoms. The van der Waals surface area contributed by atoms with Crippen molar-refractivity contribution in [2.24, 2.45) is 5.92 Å². The van der Waals surface area contributed by atoms with E-state index in [1.165, 1.54) is 6.26 Å². The van der Waals surface area contributed by atoms with E-state index in [0.29, 0.717) is 18.9 Å². The van der Waals surface area contributed by atoms with E-state index in [1.54, 1.807) is 6.20 Å². The van der Waals surface area contributed by atoms with Crippen LogP contribution in [0.15, 0.2) is 65.4 Å². The van der Waals surface area contributed by atoms with Gasteiger partial charge >= 0.3 is 0 Å². The third-order valence-corrected chi connectivity index (χ3v) is 4.06. The van der Waals surface area contributed by atoms with Crippen LogP contribution in [0.25, 0.3) is 11.5 Å². The minimum Gasteiger partial charge on any atom is -0.492 e. The monoisotopic (exact) mass is 320 g/mol. The van der Waals surface area contributed by atoms with Crippen molar-refractivity contribution in [2.75, 3.05) is 11.9 Å². The molecule has 0 bridgehead atoms. The van der Waals surface area contributed by atoms with Gasteiger partial charge in [0.1, 0.15) is 18.6 Å². The van der Waals surface area contributed by atoms with Crippen molar-refractivity contribution >= 4 is 11.6 Å². The molecule has 0 unspecified atom stereocenters. The number of para-hydroxylation sites is 1. The number of hydrogen-bond acceptors (Lipinski definition) is 4. The Hall–Kier alpha value is -3.08. The molecule has 0 saturated heterocycles. The van der Waals surface area contributed by atoms with Crippen LogP contribution >= 0.6 is 0 Å². The number of benzene rings is 2. The van der Waals surface area contributed by atoms with Gasteiger partial charge in [-0.1, -0.05) is 24.3 Å². The van der Waals surface area contributed by atoms with E-state index >= 15 is 0 Å². The summed E-state index contributed by atoms with van der Waals surface area (Å²) >= 11 is 0. The van der Waals surface area contributed by atoms with Crippen LogP contribution in [-0.2, 0) is 11.2 Å². The second kappa shape index (κ2) is 6.20. The Morgan fingerprint density at radius 2 is 2.08 bits per heavy atom. The lowest BCUT2D eigenvalue weighted by molar-refractivity contribution is -0.121. The Balaban J connectivity index is 1.48. The maximum absolute atomic E-state index is 12.5. The van der Waals surface area contributed by atoms with E-state index in [2.05, 4.69) is 10.3 Å². The minimum absolute atomic E-state index is 0.0472. The van der Waals surface area contributed by atoms with Crippen LogP contribution in [0.3, 0.4) is 0 Å². The molecule has 1 aromatic heterocycles. The number of anilines is 1. The third-order valence-electron chi connectivity index (χ3n) is 4.06. The first-order chi connectivity index (χ1) is 11.8. The maximum atomic E-state index is 12.5. The first-order valence-corrected chi connectivity index (χ1v) is 7.81. The van der Waals surface area contributed by atoms with Gasteiger partial charge in [-0.05, 0) is 36.2 Å². The molecule has 0 radical (unpaired) electrons. The van der Waals surface area contributed by atoms with Gasteiger partial charge in [0.05, 0.1) is 12.1 Å². The number of rotatable bonds is 3. The van der Waals surface area contributed by atoms with Crippen LogP contribution in [0.5, 0.6) is 5.75 Å². The van der Waals surface area contributed by atoms with Crippen molar-refractivity contribution in [3.8, 4) is 17.2 Å². The lowest BCUT2D eigenvalue weighted by Crippen LogP contribution is -2.32. The molecule has 1 aliphatic rings. The summed E-state index contributed by atoms with van der Waals surface area (Å²) in [5.74, 6) is 1.15. The van der Waals surface area contributed by atoms with Gasteiger partial charge in [-0.15, -0.1) is 0 Å². The molecule has 1 N–H and O–H groups in total. The Morgan fingerprint density at radius 3 is 2.96 bits per heavy atom. The molecule has 0 fully saturated rings. The zero-order chi connectivity index (χ0) is 16.4. The number of fused-ring (bicyclic) bond motifs is 1. The van der Waals surface area contributed by atoms with Crippen molar-refractivity contribution in [2.45, 2.75) is 6.42 Å². The number of hydrogen-bond donors (Lipinski definition) is 1. The SMILES string of the molecule is O=C(Nc1cccc(-c2ncco2)c1)[C@H]1COc2ccccc2C1.